The highest BCUT2D eigenvalue weighted by molar-refractivity contribution is 7.11. The van der Waals surface area contributed by atoms with Crippen molar-refractivity contribution in [2.45, 2.75) is 71.3 Å². The maximum absolute atomic E-state index is 4.34. The zero-order valence-corrected chi connectivity index (χ0v) is 13.0. The van der Waals surface area contributed by atoms with Crippen molar-refractivity contribution in [2.24, 2.45) is 0 Å². The van der Waals surface area contributed by atoms with E-state index in [2.05, 4.69) is 31.2 Å². The summed E-state index contributed by atoms with van der Waals surface area (Å²) in [4.78, 5) is 5.73. The van der Waals surface area contributed by atoms with Crippen LogP contribution in [0.25, 0.3) is 0 Å². The molecule has 0 aliphatic heterocycles. The van der Waals surface area contributed by atoms with Gasteiger partial charge in [-0.15, -0.1) is 11.3 Å². The highest BCUT2D eigenvalue weighted by atomic mass is 32.1. The van der Waals surface area contributed by atoms with Crippen LogP contribution in [0.2, 0.25) is 0 Å². The van der Waals surface area contributed by atoms with Gasteiger partial charge in [0.2, 0.25) is 0 Å². The maximum Gasteiger partial charge on any atom is 0.0897 e. The van der Waals surface area contributed by atoms with Crippen molar-refractivity contribution in [2.75, 3.05) is 7.05 Å². The minimum absolute atomic E-state index is 0.506. The molecule has 1 rings (SSSR count). The first kappa shape index (κ1) is 15.6. The Kier molecular flexibility index (Phi) is 8.27. The van der Waals surface area contributed by atoms with E-state index in [0.717, 1.165) is 0 Å². The monoisotopic (exact) mass is 268 g/mol. The van der Waals surface area contributed by atoms with Gasteiger partial charge >= 0.3 is 0 Å². The average Bonchev–Trinajstić information content (AvgIpc) is 2.79. The second-order valence-corrected chi connectivity index (χ2v) is 6.30. The molecule has 0 aliphatic rings. The van der Waals surface area contributed by atoms with E-state index in [1.54, 1.807) is 0 Å². The van der Waals surface area contributed by atoms with Crippen LogP contribution in [0.5, 0.6) is 0 Å². The van der Waals surface area contributed by atoms with E-state index in [0.29, 0.717) is 6.04 Å². The lowest BCUT2D eigenvalue weighted by molar-refractivity contribution is 0.500. The Balaban J connectivity index is 2.13. The largest absolute Gasteiger partial charge is 0.312 e. The molecular formula is C15H28N2S. The molecule has 1 aromatic heterocycles. The lowest BCUT2D eigenvalue weighted by Gasteiger charge is -2.13. The van der Waals surface area contributed by atoms with Crippen molar-refractivity contribution in [3.63, 3.8) is 0 Å². The molecule has 0 saturated carbocycles. The highest BCUT2D eigenvalue weighted by Crippen LogP contribution is 2.25. The molecule has 0 aliphatic carbocycles. The normalized spacial score (nSPS) is 12.8. The van der Waals surface area contributed by atoms with Crippen molar-refractivity contribution >= 4 is 11.3 Å². The number of aromatic nitrogens is 1. The number of aryl methyl sites for hydroxylation is 1. The quantitative estimate of drug-likeness (QED) is 0.613. The zero-order chi connectivity index (χ0) is 13.2. The third-order valence-electron chi connectivity index (χ3n) is 3.43. The molecule has 1 N–H and O–H groups in total. The van der Waals surface area contributed by atoms with Gasteiger partial charge in [-0.05, 0) is 20.4 Å². The van der Waals surface area contributed by atoms with Gasteiger partial charge in [-0.3, -0.25) is 0 Å². The Morgan fingerprint density at radius 1 is 1.17 bits per heavy atom. The van der Waals surface area contributed by atoms with Gasteiger partial charge in [0.1, 0.15) is 0 Å². The minimum atomic E-state index is 0.506. The molecular weight excluding hydrogens is 240 g/mol. The van der Waals surface area contributed by atoms with Crippen LogP contribution in [0.1, 0.15) is 74.2 Å². The van der Waals surface area contributed by atoms with Crippen LogP contribution < -0.4 is 5.32 Å². The van der Waals surface area contributed by atoms with Crippen LogP contribution >= 0.6 is 11.3 Å². The Hall–Kier alpha value is -0.410. The standard InChI is InChI=1S/C15H28N2S/c1-4-5-6-7-8-9-10-11-14(16-3)15-12-17-13(2)18-15/h12,14,16H,4-11H2,1-3H3. The molecule has 1 unspecified atom stereocenters. The Morgan fingerprint density at radius 3 is 2.39 bits per heavy atom. The molecule has 0 fully saturated rings. The molecule has 0 amide bonds. The molecule has 1 aromatic rings. The van der Waals surface area contributed by atoms with E-state index in [-0.39, 0.29) is 0 Å². The molecule has 0 aromatic carbocycles. The molecule has 0 radical (unpaired) electrons. The highest BCUT2D eigenvalue weighted by Gasteiger charge is 2.11. The van der Waals surface area contributed by atoms with E-state index >= 15 is 0 Å². The van der Waals surface area contributed by atoms with E-state index in [1.165, 1.54) is 61.3 Å². The van der Waals surface area contributed by atoms with Crippen molar-refractivity contribution in [1.29, 1.82) is 0 Å². The predicted molar refractivity (Wildman–Crippen MR) is 81.3 cm³/mol. The molecule has 1 atom stereocenters. The topological polar surface area (TPSA) is 24.9 Å². The molecule has 0 spiro atoms. The van der Waals surface area contributed by atoms with Gasteiger partial charge in [-0.25, -0.2) is 4.98 Å². The van der Waals surface area contributed by atoms with Gasteiger partial charge in [0, 0.05) is 17.1 Å². The smallest absolute Gasteiger partial charge is 0.0897 e. The van der Waals surface area contributed by atoms with Crippen molar-refractivity contribution in [3.05, 3.63) is 16.1 Å². The summed E-state index contributed by atoms with van der Waals surface area (Å²) in [5.41, 5.74) is 0. The Labute approximate surface area is 116 Å². The van der Waals surface area contributed by atoms with E-state index in [4.69, 9.17) is 0 Å². The van der Waals surface area contributed by atoms with Crippen molar-refractivity contribution < 1.29 is 0 Å². The summed E-state index contributed by atoms with van der Waals surface area (Å²) in [7, 11) is 2.06. The molecule has 0 bridgehead atoms. The van der Waals surface area contributed by atoms with Crippen molar-refractivity contribution in [1.82, 2.24) is 10.3 Å². The van der Waals surface area contributed by atoms with Gasteiger partial charge in [0.15, 0.2) is 0 Å². The lowest BCUT2D eigenvalue weighted by atomic mass is 10.0. The second kappa shape index (κ2) is 9.51. The number of nitrogens with one attached hydrogen (secondary N) is 1. The van der Waals surface area contributed by atoms with Gasteiger partial charge < -0.3 is 5.32 Å². The lowest BCUT2D eigenvalue weighted by Crippen LogP contribution is -2.14. The van der Waals surface area contributed by atoms with E-state index in [9.17, 15) is 0 Å². The van der Waals surface area contributed by atoms with Gasteiger partial charge in [-0.1, -0.05) is 51.9 Å². The minimum Gasteiger partial charge on any atom is -0.312 e. The third-order valence-corrected chi connectivity index (χ3v) is 4.45. The molecule has 2 nitrogen and oxygen atoms in total. The molecule has 104 valence electrons. The first-order chi connectivity index (χ1) is 8.77. The zero-order valence-electron chi connectivity index (χ0n) is 12.2. The fourth-order valence-corrected chi connectivity index (χ4v) is 3.20. The van der Waals surface area contributed by atoms with E-state index < -0.39 is 0 Å². The SMILES string of the molecule is CCCCCCCCCC(NC)c1cnc(C)s1. The van der Waals surface area contributed by atoms with Gasteiger partial charge in [0.25, 0.3) is 0 Å². The first-order valence-electron chi connectivity index (χ1n) is 7.37. The first-order valence-corrected chi connectivity index (χ1v) is 8.19. The Morgan fingerprint density at radius 2 is 1.83 bits per heavy atom. The summed E-state index contributed by atoms with van der Waals surface area (Å²) in [5, 5.41) is 4.58. The van der Waals surface area contributed by atoms with Gasteiger partial charge in [0.05, 0.1) is 5.01 Å². The number of rotatable bonds is 10. The van der Waals surface area contributed by atoms with Crippen LogP contribution in [0.15, 0.2) is 6.20 Å². The third kappa shape index (κ3) is 5.96. The summed E-state index contributed by atoms with van der Waals surface area (Å²) < 4.78 is 0. The predicted octanol–water partition coefficient (Wildman–Crippen LogP) is 4.85. The summed E-state index contributed by atoms with van der Waals surface area (Å²) in [6.07, 6.45) is 12.9. The summed E-state index contributed by atoms with van der Waals surface area (Å²) >= 11 is 1.82. The van der Waals surface area contributed by atoms with Crippen LogP contribution in [-0.2, 0) is 0 Å². The number of hydrogen-bond donors (Lipinski definition) is 1. The number of nitrogens with zero attached hydrogens (tertiary/aromatic N) is 1. The average molecular weight is 268 g/mol. The summed E-state index contributed by atoms with van der Waals surface area (Å²) in [5.74, 6) is 0. The van der Waals surface area contributed by atoms with Crippen LogP contribution in [0.4, 0.5) is 0 Å². The fraction of sp³-hybridized carbons (Fsp3) is 0.800. The number of thiazole rings is 1. The summed E-state index contributed by atoms with van der Waals surface area (Å²) in [6.45, 7) is 4.35. The molecule has 1 heterocycles. The Bertz CT molecular complexity index is 309. The molecule has 18 heavy (non-hydrogen) atoms. The van der Waals surface area contributed by atoms with Crippen LogP contribution in [0.3, 0.4) is 0 Å². The van der Waals surface area contributed by atoms with Crippen LogP contribution in [-0.4, -0.2) is 12.0 Å². The maximum atomic E-state index is 4.34. The van der Waals surface area contributed by atoms with E-state index in [1.807, 2.05) is 17.5 Å². The number of unbranched alkanes of at least 4 members (excludes halogenated alkanes) is 6. The fourth-order valence-electron chi connectivity index (χ4n) is 2.27. The second-order valence-electron chi connectivity index (χ2n) is 5.03. The molecule has 0 saturated heterocycles. The molecule has 3 heteroatoms. The number of hydrogen-bond acceptors (Lipinski definition) is 3. The van der Waals surface area contributed by atoms with Crippen molar-refractivity contribution in [3.8, 4) is 0 Å². The van der Waals surface area contributed by atoms with Gasteiger partial charge in [-0.2, -0.15) is 0 Å². The van der Waals surface area contributed by atoms with Crippen LogP contribution in [0, 0.1) is 6.92 Å². The summed E-state index contributed by atoms with van der Waals surface area (Å²) in [6, 6.07) is 0.506.